The van der Waals surface area contributed by atoms with Gasteiger partial charge in [0.15, 0.2) is 11.6 Å². The lowest BCUT2D eigenvalue weighted by Crippen LogP contribution is -2.39. The van der Waals surface area contributed by atoms with E-state index in [0.29, 0.717) is 0 Å². The second-order valence-corrected chi connectivity index (χ2v) is 5.90. The molecule has 0 bridgehead atoms. The molecule has 0 aliphatic heterocycles. The van der Waals surface area contributed by atoms with Crippen LogP contribution < -0.4 is 5.32 Å². The summed E-state index contributed by atoms with van der Waals surface area (Å²) in [6, 6.07) is 3.91. The fourth-order valence-corrected chi connectivity index (χ4v) is 1.59. The fourth-order valence-electron chi connectivity index (χ4n) is 1.59. The number of aliphatic hydroxyl groups is 1. The van der Waals surface area contributed by atoms with E-state index in [2.05, 4.69) is 5.32 Å². The van der Waals surface area contributed by atoms with Crippen molar-refractivity contribution in [1.29, 1.82) is 0 Å². The standard InChI is InChI=1S/C15H21F2NO2/c1-15(2,3)12(19)9-18-13(20)8-7-10-5-4-6-11(16)14(10)17/h4-6,12,19H,7-9H2,1-3H3,(H,18,20). The lowest BCUT2D eigenvalue weighted by Gasteiger charge is -2.25. The number of nitrogens with one attached hydrogen (secondary N) is 1. The summed E-state index contributed by atoms with van der Waals surface area (Å²) < 4.78 is 26.4. The molecule has 1 aromatic rings. The maximum atomic E-state index is 13.4. The van der Waals surface area contributed by atoms with E-state index in [1.54, 1.807) is 0 Å². The number of hydrogen-bond donors (Lipinski definition) is 2. The van der Waals surface area contributed by atoms with Crippen LogP contribution in [0.5, 0.6) is 0 Å². The summed E-state index contributed by atoms with van der Waals surface area (Å²) in [5.41, 5.74) is -0.140. The molecular weight excluding hydrogens is 264 g/mol. The van der Waals surface area contributed by atoms with Gasteiger partial charge in [-0.2, -0.15) is 0 Å². The quantitative estimate of drug-likeness (QED) is 0.873. The van der Waals surface area contributed by atoms with Crippen molar-refractivity contribution in [2.45, 2.75) is 39.7 Å². The highest BCUT2D eigenvalue weighted by atomic mass is 19.2. The Hall–Kier alpha value is -1.49. The van der Waals surface area contributed by atoms with E-state index in [4.69, 9.17) is 0 Å². The maximum Gasteiger partial charge on any atom is 0.220 e. The topological polar surface area (TPSA) is 49.3 Å². The SMILES string of the molecule is CC(C)(C)C(O)CNC(=O)CCc1cccc(F)c1F. The molecule has 0 saturated heterocycles. The smallest absolute Gasteiger partial charge is 0.220 e. The van der Waals surface area contributed by atoms with Crippen molar-refractivity contribution in [2.75, 3.05) is 6.54 Å². The molecule has 0 aliphatic rings. The number of carbonyl (C=O) groups excluding carboxylic acids is 1. The minimum absolute atomic E-state index is 0.0528. The molecule has 1 aromatic carbocycles. The number of carbonyl (C=O) groups is 1. The van der Waals surface area contributed by atoms with Crippen molar-refractivity contribution in [3.8, 4) is 0 Å². The largest absolute Gasteiger partial charge is 0.391 e. The van der Waals surface area contributed by atoms with E-state index in [1.165, 1.54) is 12.1 Å². The second-order valence-electron chi connectivity index (χ2n) is 5.90. The zero-order valence-electron chi connectivity index (χ0n) is 12.0. The molecule has 0 fully saturated rings. The number of aryl methyl sites for hydroxylation is 1. The van der Waals surface area contributed by atoms with Crippen LogP contribution in [-0.2, 0) is 11.2 Å². The maximum absolute atomic E-state index is 13.4. The average Bonchev–Trinajstić information content (AvgIpc) is 2.36. The van der Waals surface area contributed by atoms with Crippen molar-refractivity contribution in [1.82, 2.24) is 5.32 Å². The predicted octanol–water partition coefficient (Wildman–Crippen LogP) is 2.42. The third-order valence-corrected chi connectivity index (χ3v) is 3.15. The molecule has 0 saturated carbocycles. The third kappa shape index (κ3) is 4.89. The van der Waals surface area contributed by atoms with Crippen LogP contribution in [0.1, 0.15) is 32.8 Å². The summed E-state index contributed by atoms with van der Waals surface area (Å²) in [5, 5.41) is 12.4. The van der Waals surface area contributed by atoms with Crippen LogP contribution in [0, 0.1) is 17.0 Å². The van der Waals surface area contributed by atoms with Crippen LogP contribution in [0.25, 0.3) is 0 Å². The Morgan fingerprint density at radius 1 is 1.35 bits per heavy atom. The van der Waals surface area contributed by atoms with Gasteiger partial charge in [-0.25, -0.2) is 8.78 Å². The van der Waals surface area contributed by atoms with E-state index in [9.17, 15) is 18.7 Å². The van der Waals surface area contributed by atoms with E-state index in [-0.39, 0.29) is 36.3 Å². The van der Waals surface area contributed by atoms with Gasteiger partial charge in [0.1, 0.15) is 0 Å². The summed E-state index contributed by atoms with van der Waals surface area (Å²) in [5.74, 6) is -2.11. The Morgan fingerprint density at radius 3 is 2.60 bits per heavy atom. The highest BCUT2D eigenvalue weighted by Gasteiger charge is 2.22. The number of rotatable bonds is 5. The molecule has 1 amide bonds. The Bertz CT molecular complexity index is 469. The van der Waals surface area contributed by atoms with Gasteiger partial charge in [0.05, 0.1) is 6.10 Å². The van der Waals surface area contributed by atoms with Gasteiger partial charge in [0.25, 0.3) is 0 Å². The van der Waals surface area contributed by atoms with Gasteiger partial charge in [-0.15, -0.1) is 0 Å². The van der Waals surface area contributed by atoms with Gasteiger partial charge < -0.3 is 10.4 Å². The molecular formula is C15H21F2NO2. The van der Waals surface area contributed by atoms with Crippen LogP contribution in [0.3, 0.4) is 0 Å². The summed E-state index contributed by atoms with van der Waals surface area (Å²) in [6.45, 7) is 5.75. The Morgan fingerprint density at radius 2 is 2.00 bits per heavy atom. The van der Waals surface area contributed by atoms with Crippen LogP contribution in [0.2, 0.25) is 0 Å². The molecule has 2 N–H and O–H groups in total. The second kappa shape index (κ2) is 6.79. The van der Waals surface area contributed by atoms with Crippen molar-refractivity contribution in [3.05, 3.63) is 35.4 Å². The summed E-state index contributed by atoms with van der Waals surface area (Å²) in [7, 11) is 0. The van der Waals surface area contributed by atoms with E-state index < -0.39 is 17.7 Å². The van der Waals surface area contributed by atoms with Gasteiger partial charge in [-0.05, 0) is 23.5 Å². The molecule has 0 radical (unpaired) electrons. The average molecular weight is 285 g/mol. The van der Waals surface area contributed by atoms with E-state index in [1.807, 2.05) is 20.8 Å². The first kappa shape index (κ1) is 16.6. The van der Waals surface area contributed by atoms with Crippen LogP contribution in [0.15, 0.2) is 18.2 Å². The molecule has 0 aliphatic carbocycles. The van der Waals surface area contributed by atoms with Crippen LogP contribution >= 0.6 is 0 Å². The molecule has 1 unspecified atom stereocenters. The lowest BCUT2D eigenvalue weighted by molar-refractivity contribution is -0.121. The Kier molecular flexibility index (Phi) is 5.62. The van der Waals surface area contributed by atoms with Crippen molar-refractivity contribution < 1.29 is 18.7 Å². The molecule has 3 nitrogen and oxygen atoms in total. The van der Waals surface area contributed by atoms with Crippen LogP contribution in [-0.4, -0.2) is 23.7 Å². The van der Waals surface area contributed by atoms with Gasteiger partial charge >= 0.3 is 0 Å². The predicted molar refractivity (Wildman–Crippen MR) is 73.2 cm³/mol. The van der Waals surface area contributed by atoms with Crippen molar-refractivity contribution in [3.63, 3.8) is 0 Å². The Balaban J connectivity index is 2.43. The van der Waals surface area contributed by atoms with Crippen molar-refractivity contribution in [2.24, 2.45) is 5.41 Å². The number of halogens is 2. The molecule has 20 heavy (non-hydrogen) atoms. The first-order valence-corrected chi connectivity index (χ1v) is 6.59. The van der Waals surface area contributed by atoms with Gasteiger partial charge in [-0.1, -0.05) is 32.9 Å². The molecule has 1 rings (SSSR count). The Labute approximate surface area is 118 Å². The zero-order chi connectivity index (χ0) is 15.3. The number of benzene rings is 1. The van der Waals surface area contributed by atoms with Gasteiger partial charge in [0, 0.05) is 13.0 Å². The number of aliphatic hydroxyl groups excluding tert-OH is 1. The minimum Gasteiger partial charge on any atom is -0.391 e. The number of amides is 1. The van der Waals surface area contributed by atoms with E-state index >= 15 is 0 Å². The van der Waals surface area contributed by atoms with Crippen LogP contribution in [0.4, 0.5) is 8.78 Å². The minimum atomic E-state index is -0.911. The van der Waals surface area contributed by atoms with Gasteiger partial charge in [0.2, 0.25) is 5.91 Å². The summed E-state index contributed by atoms with van der Waals surface area (Å²) in [6.07, 6.45) is -0.476. The lowest BCUT2D eigenvalue weighted by atomic mass is 9.89. The molecule has 112 valence electrons. The summed E-state index contributed by atoms with van der Waals surface area (Å²) in [4.78, 5) is 11.6. The summed E-state index contributed by atoms with van der Waals surface area (Å²) >= 11 is 0. The first-order valence-electron chi connectivity index (χ1n) is 6.59. The van der Waals surface area contributed by atoms with Crippen molar-refractivity contribution >= 4 is 5.91 Å². The fraction of sp³-hybridized carbons (Fsp3) is 0.533. The van der Waals surface area contributed by atoms with Gasteiger partial charge in [-0.3, -0.25) is 4.79 Å². The molecule has 0 spiro atoms. The monoisotopic (exact) mass is 285 g/mol. The zero-order valence-corrected chi connectivity index (χ0v) is 12.0. The molecule has 1 atom stereocenters. The normalized spacial score (nSPS) is 13.1. The van der Waals surface area contributed by atoms with E-state index in [0.717, 1.165) is 6.07 Å². The molecule has 5 heteroatoms. The molecule has 0 heterocycles. The first-order chi connectivity index (χ1) is 9.21. The highest BCUT2D eigenvalue weighted by Crippen LogP contribution is 2.18. The highest BCUT2D eigenvalue weighted by molar-refractivity contribution is 5.76. The number of hydrogen-bond acceptors (Lipinski definition) is 2. The molecule has 0 aromatic heterocycles. The third-order valence-electron chi connectivity index (χ3n) is 3.15.